The van der Waals surface area contributed by atoms with Crippen molar-refractivity contribution in [2.24, 2.45) is 9.98 Å². The average molecular weight is 389 g/mol. The van der Waals surface area contributed by atoms with Crippen LogP contribution in [0.1, 0.15) is 42.5 Å². The van der Waals surface area contributed by atoms with E-state index in [1.54, 1.807) is 11.8 Å². The van der Waals surface area contributed by atoms with Gasteiger partial charge in [0.2, 0.25) is 0 Å². The molecule has 2 aromatic rings. The first kappa shape index (κ1) is 20.3. The molecule has 0 spiro atoms. The van der Waals surface area contributed by atoms with Crippen LogP contribution in [0.15, 0.2) is 68.3 Å². The summed E-state index contributed by atoms with van der Waals surface area (Å²) in [4.78, 5) is 12.3. The number of para-hydroxylation sites is 2. The number of benzene rings is 2. The van der Waals surface area contributed by atoms with Crippen LogP contribution in [0.3, 0.4) is 0 Å². The van der Waals surface area contributed by atoms with Crippen LogP contribution in [0, 0.1) is 27.7 Å². The van der Waals surface area contributed by atoms with Crippen LogP contribution in [0.5, 0.6) is 0 Å². The zero-order chi connectivity index (χ0) is 20.3. The van der Waals surface area contributed by atoms with E-state index in [-0.39, 0.29) is 0 Å². The van der Waals surface area contributed by atoms with Crippen molar-refractivity contribution in [3.63, 3.8) is 0 Å². The summed E-state index contributed by atoms with van der Waals surface area (Å²) < 4.78 is 0. The van der Waals surface area contributed by atoms with Crippen LogP contribution in [0.25, 0.3) is 0 Å². The second-order valence-corrected chi connectivity index (χ2v) is 8.43. The zero-order valence-corrected chi connectivity index (χ0v) is 18.4. The van der Waals surface area contributed by atoms with Gasteiger partial charge in [0, 0.05) is 9.81 Å². The Bertz CT molecular complexity index is 901. The molecule has 0 saturated carbocycles. The largest absolute Gasteiger partial charge is 0.252 e. The van der Waals surface area contributed by atoms with Crippen LogP contribution in [0.4, 0.5) is 11.4 Å². The number of thioether (sulfide) groups is 1. The molecule has 0 radical (unpaired) electrons. The predicted molar refractivity (Wildman–Crippen MR) is 126 cm³/mol. The highest BCUT2D eigenvalue weighted by atomic mass is 32.2. The minimum absolute atomic E-state index is 0.914. The van der Waals surface area contributed by atoms with Crippen molar-refractivity contribution in [3.8, 4) is 0 Å². The van der Waals surface area contributed by atoms with Gasteiger partial charge in [0.15, 0.2) is 0 Å². The van der Waals surface area contributed by atoms with Gasteiger partial charge in [-0.1, -0.05) is 60.3 Å². The smallest absolute Gasteiger partial charge is 0.0691 e. The van der Waals surface area contributed by atoms with E-state index in [1.165, 1.54) is 32.1 Å². The maximum atomic E-state index is 4.95. The molecule has 0 amide bonds. The second kappa shape index (κ2) is 8.74. The third-order valence-electron chi connectivity index (χ3n) is 4.98. The van der Waals surface area contributed by atoms with Gasteiger partial charge in [0.25, 0.3) is 0 Å². The number of allylic oxidation sites excluding steroid dienone is 4. The summed E-state index contributed by atoms with van der Waals surface area (Å²) in [5.41, 5.74) is 9.14. The van der Waals surface area contributed by atoms with Crippen molar-refractivity contribution in [1.29, 1.82) is 0 Å². The molecule has 1 aliphatic rings. The Morgan fingerprint density at radius 2 is 1.04 bits per heavy atom. The van der Waals surface area contributed by atoms with Crippen LogP contribution in [0.2, 0.25) is 0 Å². The lowest BCUT2D eigenvalue weighted by atomic mass is 10.1. The number of hydrogen-bond donors (Lipinski definition) is 0. The van der Waals surface area contributed by atoms with Crippen molar-refractivity contribution in [2.75, 3.05) is 0 Å². The third-order valence-corrected chi connectivity index (χ3v) is 6.34. The van der Waals surface area contributed by atoms with E-state index in [0.717, 1.165) is 29.2 Å². The molecule has 1 aliphatic heterocycles. The molecule has 2 nitrogen and oxygen atoms in total. The Balaban J connectivity index is 1.84. The molecule has 1 heterocycles. The van der Waals surface area contributed by atoms with Crippen LogP contribution in [-0.2, 0) is 0 Å². The van der Waals surface area contributed by atoms with Crippen molar-refractivity contribution < 1.29 is 0 Å². The van der Waals surface area contributed by atoms with E-state index in [2.05, 4.69) is 90.1 Å². The lowest BCUT2D eigenvalue weighted by Gasteiger charge is -2.16. The van der Waals surface area contributed by atoms with Crippen molar-refractivity contribution in [1.82, 2.24) is 0 Å². The molecule has 3 heteroatoms. The Morgan fingerprint density at radius 3 is 1.39 bits per heavy atom. The fourth-order valence-corrected chi connectivity index (χ4v) is 4.31. The second-order valence-electron chi connectivity index (χ2n) is 7.35. The Labute approximate surface area is 173 Å². The molecular formula is C25H28N2S. The van der Waals surface area contributed by atoms with E-state index >= 15 is 0 Å². The number of aryl methyl sites for hydroxylation is 4. The Hall–Kier alpha value is -2.39. The maximum absolute atomic E-state index is 4.95. The molecule has 0 atom stereocenters. The lowest BCUT2D eigenvalue weighted by molar-refractivity contribution is 1.31. The molecule has 0 N–H and O–H groups in total. The SMILES string of the molecule is C/C(=N\c1c(C)cccc1C)C1=CCC=C(/C(C)=N/c2c(C)cccc2C)S1. The van der Waals surface area contributed by atoms with E-state index in [1.807, 2.05) is 0 Å². The molecule has 0 fully saturated rings. The zero-order valence-electron chi connectivity index (χ0n) is 17.6. The van der Waals surface area contributed by atoms with Gasteiger partial charge in [0.1, 0.15) is 0 Å². The first-order chi connectivity index (χ1) is 13.4. The number of hydrogen-bond acceptors (Lipinski definition) is 3. The first-order valence-electron chi connectivity index (χ1n) is 9.68. The minimum atomic E-state index is 0.914. The van der Waals surface area contributed by atoms with Gasteiger partial charge in [-0.2, -0.15) is 0 Å². The standard InChI is InChI=1S/C25H28N2S/c1-16-10-7-11-17(2)24(16)26-20(5)22-14-9-15-23(28-22)21(6)27-25-18(3)12-8-13-19(25)4/h7-8,10-15H,9H2,1-6H3/b26-20+,27-21+. The van der Waals surface area contributed by atoms with Gasteiger partial charge < -0.3 is 0 Å². The third kappa shape index (κ3) is 4.53. The summed E-state index contributed by atoms with van der Waals surface area (Å²) in [6, 6.07) is 12.6. The fourth-order valence-electron chi connectivity index (χ4n) is 3.33. The summed E-state index contributed by atoms with van der Waals surface area (Å²) in [5, 5.41) is 0. The van der Waals surface area contributed by atoms with Gasteiger partial charge >= 0.3 is 0 Å². The highest BCUT2D eigenvalue weighted by molar-refractivity contribution is 8.08. The molecule has 2 aromatic carbocycles. The average Bonchev–Trinajstić information content (AvgIpc) is 2.67. The minimum Gasteiger partial charge on any atom is -0.252 e. The quantitative estimate of drug-likeness (QED) is 0.492. The molecule has 0 unspecified atom stereocenters. The fraction of sp³-hybridized carbons (Fsp3) is 0.280. The van der Waals surface area contributed by atoms with E-state index in [4.69, 9.17) is 9.98 Å². The lowest BCUT2D eigenvalue weighted by Crippen LogP contribution is -2.03. The number of nitrogens with zero attached hydrogens (tertiary/aromatic N) is 2. The molecule has 0 bridgehead atoms. The van der Waals surface area contributed by atoms with Gasteiger partial charge in [-0.15, -0.1) is 0 Å². The van der Waals surface area contributed by atoms with Gasteiger partial charge in [-0.25, -0.2) is 0 Å². The van der Waals surface area contributed by atoms with Crippen LogP contribution in [-0.4, -0.2) is 11.4 Å². The van der Waals surface area contributed by atoms with E-state index in [9.17, 15) is 0 Å². The molecule has 28 heavy (non-hydrogen) atoms. The summed E-state index contributed by atoms with van der Waals surface area (Å²) in [6.45, 7) is 12.7. The summed E-state index contributed by atoms with van der Waals surface area (Å²) in [7, 11) is 0. The van der Waals surface area contributed by atoms with Crippen LogP contribution < -0.4 is 0 Å². The van der Waals surface area contributed by atoms with Gasteiger partial charge in [-0.3, -0.25) is 9.98 Å². The maximum Gasteiger partial charge on any atom is 0.0691 e. The number of aliphatic imine (C=N–C) groups is 2. The van der Waals surface area contributed by atoms with E-state index < -0.39 is 0 Å². The predicted octanol–water partition coefficient (Wildman–Crippen LogP) is 7.71. The summed E-state index contributed by atoms with van der Waals surface area (Å²) >= 11 is 1.77. The van der Waals surface area contributed by atoms with Crippen LogP contribution >= 0.6 is 11.8 Å². The summed E-state index contributed by atoms with van der Waals surface area (Å²) in [6.07, 6.45) is 5.43. The van der Waals surface area contributed by atoms with Crippen molar-refractivity contribution >= 4 is 34.6 Å². The molecule has 0 aliphatic carbocycles. The van der Waals surface area contributed by atoms with Gasteiger partial charge in [-0.05, 0) is 70.2 Å². The van der Waals surface area contributed by atoms with E-state index in [0.29, 0.717) is 0 Å². The topological polar surface area (TPSA) is 24.7 Å². The molecule has 3 rings (SSSR count). The highest BCUT2D eigenvalue weighted by Crippen LogP contribution is 2.35. The molecule has 144 valence electrons. The first-order valence-corrected chi connectivity index (χ1v) is 10.5. The highest BCUT2D eigenvalue weighted by Gasteiger charge is 2.14. The van der Waals surface area contributed by atoms with Crippen molar-refractivity contribution in [2.45, 2.75) is 48.0 Å². The number of rotatable bonds is 4. The molecular weight excluding hydrogens is 360 g/mol. The monoisotopic (exact) mass is 388 g/mol. The Morgan fingerprint density at radius 1 is 0.679 bits per heavy atom. The molecule has 0 aromatic heterocycles. The normalized spacial score (nSPS) is 15.4. The summed E-state index contributed by atoms with van der Waals surface area (Å²) in [5.74, 6) is 0. The molecule has 0 saturated heterocycles. The van der Waals surface area contributed by atoms with Crippen molar-refractivity contribution in [3.05, 3.63) is 80.6 Å². The van der Waals surface area contributed by atoms with Gasteiger partial charge in [0.05, 0.1) is 22.8 Å². The Kier molecular flexibility index (Phi) is 6.35.